The standard InChI is InChI=1S/C15H17ClN2O2S/c1-3-11-6-4-5-7-14(11)18-21(19,20)15-9-13(17)12(16)8-10(15)2/h4-9,18H,3,17H2,1-2H3. The third-order valence-electron chi connectivity index (χ3n) is 3.23. The number of nitrogen functional groups attached to an aromatic ring is 1. The van der Waals surface area contributed by atoms with Crippen molar-refractivity contribution in [3.63, 3.8) is 0 Å². The van der Waals surface area contributed by atoms with Crippen molar-refractivity contribution in [2.45, 2.75) is 25.2 Å². The molecule has 0 aliphatic heterocycles. The van der Waals surface area contributed by atoms with Crippen LogP contribution in [0.25, 0.3) is 0 Å². The first-order valence-corrected chi connectivity index (χ1v) is 8.37. The number of hydrogen-bond donors (Lipinski definition) is 2. The summed E-state index contributed by atoms with van der Waals surface area (Å²) in [5.74, 6) is 0. The summed E-state index contributed by atoms with van der Waals surface area (Å²) >= 11 is 5.90. The number of benzene rings is 2. The highest BCUT2D eigenvalue weighted by Crippen LogP contribution is 2.28. The van der Waals surface area contributed by atoms with Crippen molar-refractivity contribution >= 4 is 33.0 Å². The molecule has 4 nitrogen and oxygen atoms in total. The molecular formula is C15H17ClN2O2S. The SMILES string of the molecule is CCc1ccccc1NS(=O)(=O)c1cc(N)c(Cl)cc1C. The summed E-state index contributed by atoms with van der Waals surface area (Å²) in [5.41, 5.74) is 8.01. The molecule has 0 heterocycles. The van der Waals surface area contributed by atoms with Crippen LogP contribution in [-0.4, -0.2) is 8.42 Å². The average Bonchev–Trinajstić information content (AvgIpc) is 2.43. The maximum absolute atomic E-state index is 12.5. The van der Waals surface area contributed by atoms with Crippen LogP contribution in [0.4, 0.5) is 11.4 Å². The van der Waals surface area contributed by atoms with Gasteiger partial charge in [0.25, 0.3) is 10.0 Å². The third-order valence-corrected chi connectivity index (χ3v) is 5.06. The van der Waals surface area contributed by atoms with Crippen LogP contribution >= 0.6 is 11.6 Å². The van der Waals surface area contributed by atoms with Crippen LogP contribution < -0.4 is 10.5 Å². The molecule has 0 fully saturated rings. The monoisotopic (exact) mass is 324 g/mol. The number of nitrogens with one attached hydrogen (secondary N) is 1. The molecular weight excluding hydrogens is 308 g/mol. The molecule has 0 spiro atoms. The van der Waals surface area contributed by atoms with Crippen molar-refractivity contribution in [2.75, 3.05) is 10.5 Å². The van der Waals surface area contributed by atoms with E-state index in [-0.39, 0.29) is 10.6 Å². The van der Waals surface area contributed by atoms with E-state index in [1.165, 1.54) is 6.07 Å². The van der Waals surface area contributed by atoms with Gasteiger partial charge in [0.1, 0.15) is 0 Å². The van der Waals surface area contributed by atoms with E-state index in [0.29, 0.717) is 16.3 Å². The molecule has 0 aromatic heterocycles. The Labute approximate surface area is 130 Å². The zero-order chi connectivity index (χ0) is 15.6. The smallest absolute Gasteiger partial charge is 0.262 e. The summed E-state index contributed by atoms with van der Waals surface area (Å²) in [4.78, 5) is 0.135. The minimum Gasteiger partial charge on any atom is -0.397 e. The van der Waals surface area contributed by atoms with Gasteiger partial charge in [0, 0.05) is 0 Å². The first-order chi connectivity index (χ1) is 9.85. The summed E-state index contributed by atoms with van der Waals surface area (Å²) in [7, 11) is -3.70. The van der Waals surface area contributed by atoms with E-state index in [1.807, 2.05) is 19.1 Å². The lowest BCUT2D eigenvalue weighted by molar-refractivity contribution is 0.600. The third kappa shape index (κ3) is 3.31. The van der Waals surface area contributed by atoms with E-state index < -0.39 is 10.0 Å². The highest BCUT2D eigenvalue weighted by molar-refractivity contribution is 7.92. The Bertz CT molecular complexity index is 773. The highest BCUT2D eigenvalue weighted by atomic mass is 35.5. The molecule has 0 amide bonds. The minimum absolute atomic E-state index is 0.135. The lowest BCUT2D eigenvalue weighted by atomic mass is 10.1. The van der Waals surface area contributed by atoms with Gasteiger partial charge in [-0.15, -0.1) is 0 Å². The van der Waals surface area contributed by atoms with Crippen LogP contribution in [0.1, 0.15) is 18.1 Å². The highest BCUT2D eigenvalue weighted by Gasteiger charge is 2.19. The average molecular weight is 325 g/mol. The van der Waals surface area contributed by atoms with Gasteiger partial charge in [0.05, 0.1) is 21.3 Å². The van der Waals surface area contributed by atoms with E-state index in [1.54, 1.807) is 25.1 Å². The van der Waals surface area contributed by atoms with Gasteiger partial charge in [-0.2, -0.15) is 0 Å². The van der Waals surface area contributed by atoms with Crippen LogP contribution in [0, 0.1) is 6.92 Å². The Morgan fingerprint density at radius 1 is 1.24 bits per heavy atom. The molecule has 2 aromatic carbocycles. The van der Waals surface area contributed by atoms with Crippen molar-refractivity contribution in [2.24, 2.45) is 0 Å². The molecule has 6 heteroatoms. The number of rotatable bonds is 4. The molecule has 0 unspecified atom stereocenters. The van der Waals surface area contributed by atoms with Crippen LogP contribution in [0.5, 0.6) is 0 Å². The van der Waals surface area contributed by atoms with Crippen LogP contribution in [0.15, 0.2) is 41.3 Å². The Hall–Kier alpha value is -1.72. The topological polar surface area (TPSA) is 72.2 Å². The first-order valence-electron chi connectivity index (χ1n) is 6.51. The van der Waals surface area contributed by atoms with Crippen molar-refractivity contribution < 1.29 is 8.42 Å². The van der Waals surface area contributed by atoms with Gasteiger partial charge in [-0.1, -0.05) is 36.7 Å². The van der Waals surface area contributed by atoms with Gasteiger partial charge in [0.2, 0.25) is 0 Å². The summed E-state index contributed by atoms with van der Waals surface area (Å²) in [6, 6.07) is 10.2. The predicted octanol–water partition coefficient (Wildman–Crippen LogP) is 3.59. The van der Waals surface area contributed by atoms with E-state index >= 15 is 0 Å². The lowest BCUT2D eigenvalue weighted by Crippen LogP contribution is -2.15. The van der Waals surface area contributed by atoms with Crippen LogP contribution in [-0.2, 0) is 16.4 Å². The number of halogens is 1. The maximum atomic E-state index is 12.5. The molecule has 0 saturated carbocycles. The number of para-hydroxylation sites is 1. The fourth-order valence-electron chi connectivity index (χ4n) is 2.09. The number of anilines is 2. The quantitative estimate of drug-likeness (QED) is 0.844. The summed E-state index contributed by atoms with van der Waals surface area (Å²) in [5, 5.41) is 0.348. The lowest BCUT2D eigenvalue weighted by Gasteiger charge is -2.14. The molecule has 112 valence electrons. The molecule has 3 N–H and O–H groups in total. The van der Waals surface area contributed by atoms with Gasteiger partial charge < -0.3 is 5.73 Å². The zero-order valence-corrected chi connectivity index (χ0v) is 13.4. The van der Waals surface area contributed by atoms with E-state index in [4.69, 9.17) is 17.3 Å². The van der Waals surface area contributed by atoms with Crippen molar-refractivity contribution in [3.8, 4) is 0 Å². The molecule has 2 aromatic rings. The van der Waals surface area contributed by atoms with E-state index in [0.717, 1.165) is 12.0 Å². The van der Waals surface area contributed by atoms with Gasteiger partial charge in [-0.05, 0) is 42.7 Å². The number of nitrogens with two attached hydrogens (primary N) is 1. The summed E-state index contributed by atoms with van der Waals surface area (Å²) in [6.07, 6.45) is 0.737. The van der Waals surface area contributed by atoms with E-state index in [2.05, 4.69) is 4.72 Å². The fourth-order valence-corrected chi connectivity index (χ4v) is 3.67. The molecule has 2 rings (SSSR count). The molecule has 0 bridgehead atoms. The molecule has 0 atom stereocenters. The molecule has 0 aliphatic rings. The van der Waals surface area contributed by atoms with Gasteiger partial charge in [-0.25, -0.2) is 8.42 Å². The van der Waals surface area contributed by atoms with Crippen molar-refractivity contribution in [3.05, 3.63) is 52.5 Å². The Balaban J connectivity index is 2.46. The number of hydrogen-bond acceptors (Lipinski definition) is 3. The second-order valence-electron chi connectivity index (χ2n) is 4.76. The summed E-state index contributed by atoms with van der Waals surface area (Å²) in [6.45, 7) is 3.66. The second-order valence-corrected chi connectivity index (χ2v) is 6.81. The summed E-state index contributed by atoms with van der Waals surface area (Å²) < 4.78 is 27.7. The minimum atomic E-state index is -3.70. The Morgan fingerprint density at radius 2 is 1.90 bits per heavy atom. The van der Waals surface area contributed by atoms with Crippen LogP contribution in [0.2, 0.25) is 5.02 Å². The Kier molecular flexibility index (Phi) is 4.44. The van der Waals surface area contributed by atoms with E-state index in [9.17, 15) is 8.42 Å². The predicted molar refractivity (Wildman–Crippen MR) is 87.2 cm³/mol. The zero-order valence-electron chi connectivity index (χ0n) is 11.9. The molecule has 0 aliphatic carbocycles. The number of sulfonamides is 1. The van der Waals surface area contributed by atoms with Gasteiger partial charge >= 0.3 is 0 Å². The van der Waals surface area contributed by atoms with Gasteiger partial charge in [-0.3, -0.25) is 4.72 Å². The molecule has 21 heavy (non-hydrogen) atoms. The van der Waals surface area contributed by atoms with Gasteiger partial charge in [0.15, 0.2) is 0 Å². The largest absolute Gasteiger partial charge is 0.397 e. The molecule has 0 saturated heterocycles. The Morgan fingerprint density at radius 3 is 2.57 bits per heavy atom. The molecule has 0 radical (unpaired) electrons. The maximum Gasteiger partial charge on any atom is 0.262 e. The second kappa shape index (κ2) is 5.95. The number of aryl methyl sites for hydroxylation is 2. The van der Waals surface area contributed by atoms with Crippen molar-refractivity contribution in [1.82, 2.24) is 0 Å². The van der Waals surface area contributed by atoms with Crippen LogP contribution in [0.3, 0.4) is 0 Å². The van der Waals surface area contributed by atoms with Crippen molar-refractivity contribution in [1.29, 1.82) is 0 Å². The first kappa shape index (κ1) is 15.7. The fraction of sp³-hybridized carbons (Fsp3) is 0.200. The normalized spacial score (nSPS) is 11.4.